The number of nitrogens with one attached hydrogen (secondary N) is 2. The fourth-order valence-corrected chi connectivity index (χ4v) is 2.55. The van der Waals surface area contributed by atoms with Gasteiger partial charge in [0.05, 0.1) is 23.0 Å². The van der Waals surface area contributed by atoms with Crippen molar-refractivity contribution in [3.8, 4) is 6.19 Å². The molecule has 7 nitrogen and oxygen atoms in total. The summed E-state index contributed by atoms with van der Waals surface area (Å²) in [6.07, 6.45) is 5.81. The van der Waals surface area contributed by atoms with Gasteiger partial charge in [-0.2, -0.15) is 5.26 Å². The van der Waals surface area contributed by atoms with E-state index in [0.29, 0.717) is 23.1 Å². The van der Waals surface area contributed by atoms with Gasteiger partial charge >= 0.3 is 5.97 Å². The monoisotopic (exact) mass is 334 g/mol. The third-order valence-corrected chi connectivity index (χ3v) is 3.95. The van der Waals surface area contributed by atoms with Gasteiger partial charge in [0.15, 0.2) is 11.4 Å². The maximum absolute atomic E-state index is 11.2. The lowest BCUT2D eigenvalue weighted by atomic mass is 10.1. The van der Waals surface area contributed by atoms with Gasteiger partial charge in [0.2, 0.25) is 0 Å². The molecule has 8 heteroatoms. The number of rotatable bonds is 5. The predicted molar refractivity (Wildman–Crippen MR) is 90.2 cm³/mol. The van der Waals surface area contributed by atoms with Crippen LogP contribution in [-0.2, 0) is 4.74 Å². The zero-order valence-electron chi connectivity index (χ0n) is 12.7. The highest BCUT2D eigenvalue weighted by molar-refractivity contribution is 8.13. The molecule has 0 amide bonds. The predicted octanol–water partition coefficient (Wildman–Crippen LogP) is 2.40. The van der Waals surface area contributed by atoms with Crippen molar-refractivity contribution in [2.75, 3.05) is 24.7 Å². The van der Waals surface area contributed by atoms with Gasteiger partial charge in [-0.1, -0.05) is 11.8 Å². The molecule has 0 spiro atoms. The average molecular weight is 334 g/mol. The first-order valence-electron chi connectivity index (χ1n) is 7.14. The Kier molecular flexibility index (Phi) is 6.26. The van der Waals surface area contributed by atoms with Crippen molar-refractivity contribution in [1.29, 1.82) is 5.26 Å². The minimum Gasteiger partial charge on any atom is -0.478 e. The van der Waals surface area contributed by atoms with E-state index in [0.717, 1.165) is 19.4 Å². The van der Waals surface area contributed by atoms with Crippen molar-refractivity contribution < 1.29 is 14.6 Å². The quantitative estimate of drug-likeness (QED) is 0.328. The number of amidine groups is 1. The van der Waals surface area contributed by atoms with Crippen molar-refractivity contribution in [3.63, 3.8) is 0 Å². The van der Waals surface area contributed by atoms with E-state index in [1.165, 1.54) is 23.9 Å². The minimum atomic E-state index is -1.02. The van der Waals surface area contributed by atoms with E-state index < -0.39 is 5.97 Å². The van der Waals surface area contributed by atoms with E-state index in [-0.39, 0.29) is 11.7 Å². The Morgan fingerprint density at radius 3 is 3.04 bits per heavy atom. The number of carboxylic acid groups (broad SMARTS) is 1. The normalized spacial score (nSPS) is 17.6. The Morgan fingerprint density at radius 1 is 1.61 bits per heavy atom. The number of carbonyl (C=O) groups is 1. The van der Waals surface area contributed by atoms with Crippen LogP contribution in [0, 0.1) is 11.5 Å². The van der Waals surface area contributed by atoms with Crippen LogP contribution in [-0.4, -0.2) is 41.8 Å². The highest BCUT2D eigenvalue weighted by atomic mass is 32.2. The van der Waals surface area contributed by atoms with Crippen LogP contribution >= 0.6 is 11.8 Å². The third-order valence-electron chi connectivity index (χ3n) is 3.37. The lowest BCUT2D eigenvalue weighted by Gasteiger charge is -2.14. The zero-order chi connectivity index (χ0) is 16.7. The van der Waals surface area contributed by atoms with Crippen molar-refractivity contribution in [2.45, 2.75) is 18.9 Å². The number of nitrogens with zero attached hydrogens (tertiary/aromatic N) is 2. The summed E-state index contributed by atoms with van der Waals surface area (Å²) in [5.74, 6) is -1.02. The van der Waals surface area contributed by atoms with Gasteiger partial charge in [-0.3, -0.25) is 5.32 Å². The summed E-state index contributed by atoms with van der Waals surface area (Å²) in [6, 6.07) is 4.69. The van der Waals surface area contributed by atoms with E-state index in [1.54, 1.807) is 12.3 Å². The van der Waals surface area contributed by atoms with Gasteiger partial charge in [-0.25, -0.2) is 9.79 Å². The Labute approximate surface area is 138 Å². The average Bonchev–Trinajstić information content (AvgIpc) is 3.06. The zero-order valence-corrected chi connectivity index (χ0v) is 13.5. The first kappa shape index (κ1) is 17.1. The van der Waals surface area contributed by atoms with Crippen molar-refractivity contribution >= 4 is 34.3 Å². The van der Waals surface area contributed by atoms with Crippen molar-refractivity contribution in [1.82, 2.24) is 5.32 Å². The fourth-order valence-electron chi connectivity index (χ4n) is 2.22. The first-order valence-corrected chi connectivity index (χ1v) is 8.37. The molecule has 0 bridgehead atoms. The Balaban J connectivity index is 2.24. The van der Waals surface area contributed by atoms with E-state index in [9.17, 15) is 4.79 Å². The second-order valence-electron chi connectivity index (χ2n) is 4.91. The smallest absolute Gasteiger partial charge is 0.335 e. The SMILES string of the molecule is CSC(=Nc1cc(C(=O)O)ccc1NCC1CCCO1)NC#N. The first-order chi connectivity index (χ1) is 11.1. The highest BCUT2D eigenvalue weighted by Crippen LogP contribution is 2.28. The Morgan fingerprint density at radius 2 is 2.43 bits per heavy atom. The molecule has 1 aliphatic heterocycles. The number of hydrogen-bond donors (Lipinski definition) is 3. The van der Waals surface area contributed by atoms with Crippen LogP contribution in [0.2, 0.25) is 0 Å². The third kappa shape index (κ3) is 4.87. The lowest BCUT2D eigenvalue weighted by Crippen LogP contribution is -2.18. The number of benzene rings is 1. The number of aromatic carboxylic acids is 1. The molecule has 122 valence electrons. The van der Waals surface area contributed by atoms with Crippen LogP contribution in [0.25, 0.3) is 0 Å². The molecule has 1 atom stereocenters. The maximum atomic E-state index is 11.2. The van der Waals surface area contributed by atoms with E-state index in [2.05, 4.69) is 15.6 Å². The summed E-state index contributed by atoms with van der Waals surface area (Å²) in [5.41, 5.74) is 1.32. The maximum Gasteiger partial charge on any atom is 0.335 e. The molecule has 0 aliphatic carbocycles. The van der Waals surface area contributed by atoms with Gasteiger partial charge in [-0.05, 0) is 37.3 Å². The van der Waals surface area contributed by atoms with E-state index in [1.807, 2.05) is 6.19 Å². The second kappa shape index (κ2) is 8.41. The lowest BCUT2D eigenvalue weighted by molar-refractivity contribution is 0.0697. The Bertz CT molecular complexity index is 636. The molecule has 1 aliphatic rings. The van der Waals surface area contributed by atoms with Crippen LogP contribution in [0.5, 0.6) is 0 Å². The molecule has 3 N–H and O–H groups in total. The minimum absolute atomic E-state index is 0.142. The van der Waals surface area contributed by atoms with Crippen molar-refractivity contribution in [2.24, 2.45) is 4.99 Å². The Hall–Kier alpha value is -2.24. The van der Waals surface area contributed by atoms with E-state index in [4.69, 9.17) is 15.1 Å². The summed E-state index contributed by atoms with van der Waals surface area (Å²) in [4.78, 5) is 15.5. The summed E-state index contributed by atoms with van der Waals surface area (Å²) in [7, 11) is 0. The standard InChI is InChI=1S/C15H18N4O3S/c1-23-15(18-9-16)19-13-7-10(14(20)21)4-5-12(13)17-8-11-3-2-6-22-11/h4-5,7,11,17H,2-3,6,8H2,1H3,(H,18,19)(H,20,21). The molecule has 23 heavy (non-hydrogen) atoms. The van der Waals surface area contributed by atoms with Gasteiger partial charge in [0.1, 0.15) is 0 Å². The molecule has 1 heterocycles. The summed E-state index contributed by atoms with van der Waals surface area (Å²) < 4.78 is 5.57. The number of carboxylic acids is 1. The fraction of sp³-hybridized carbons (Fsp3) is 0.400. The molecule has 0 aromatic heterocycles. The highest BCUT2D eigenvalue weighted by Gasteiger charge is 2.16. The topological polar surface area (TPSA) is 107 Å². The second-order valence-corrected chi connectivity index (χ2v) is 5.71. The number of anilines is 1. The molecule has 1 aromatic rings. The summed E-state index contributed by atoms with van der Waals surface area (Å²) in [5, 5.41) is 24.0. The summed E-state index contributed by atoms with van der Waals surface area (Å²) >= 11 is 1.27. The molecule has 0 saturated carbocycles. The number of nitriles is 1. The van der Waals surface area contributed by atoms with Crippen molar-refractivity contribution in [3.05, 3.63) is 23.8 Å². The molecule has 2 rings (SSSR count). The molecule has 1 fully saturated rings. The molecule has 1 unspecified atom stereocenters. The molecule has 1 saturated heterocycles. The largest absolute Gasteiger partial charge is 0.478 e. The molecule has 1 aromatic carbocycles. The summed E-state index contributed by atoms with van der Waals surface area (Å²) in [6.45, 7) is 1.41. The number of ether oxygens (including phenoxy) is 1. The number of aliphatic imine (C=N–C) groups is 1. The number of hydrogen-bond acceptors (Lipinski definition) is 6. The van der Waals surface area contributed by atoms with Crippen LogP contribution in [0.4, 0.5) is 11.4 Å². The van der Waals surface area contributed by atoms with Gasteiger partial charge in [-0.15, -0.1) is 0 Å². The molecular formula is C15H18N4O3S. The molecule has 0 radical (unpaired) electrons. The number of thioether (sulfide) groups is 1. The van der Waals surface area contributed by atoms with Crippen LogP contribution in [0.3, 0.4) is 0 Å². The van der Waals surface area contributed by atoms with Gasteiger partial charge in [0, 0.05) is 13.2 Å². The van der Waals surface area contributed by atoms with Gasteiger partial charge in [0.25, 0.3) is 0 Å². The van der Waals surface area contributed by atoms with Crippen LogP contribution in [0.15, 0.2) is 23.2 Å². The van der Waals surface area contributed by atoms with Crippen LogP contribution < -0.4 is 10.6 Å². The van der Waals surface area contributed by atoms with Gasteiger partial charge < -0.3 is 15.2 Å². The van der Waals surface area contributed by atoms with E-state index >= 15 is 0 Å². The van der Waals surface area contributed by atoms with Crippen LogP contribution in [0.1, 0.15) is 23.2 Å². The molecular weight excluding hydrogens is 316 g/mol.